The highest BCUT2D eigenvalue weighted by atomic mass is 16.4. The summed E-state index contributed by atoms with van der Waals surface area (Å²) in [7, 11) is 0. The Balaban J connectivity index is 0.000000107. The first kappa shape index (κ1) is 70.6. The third-order valence-electron chi connectivity index (χ3n) is 26.2. The molecule has 18 heterocycles. The van der Waals surface area contributed by atoms with Gasteiger partial charge < -0.3 is 71.1 Å². The van der Waals surface area contributed by atoms with E-state index in [4.69, 9.17) is 39.9 Å². The average molecular weight is 1780 g/mol. The van der Waals surface area contributed by atoms with Gasteiger partial charge in [-0.15, -0.1) is 0 Å². The van der Waals surface area contributed by atoms with Gasteiger partial charge in [0.1, 0.15) is 30.8 Å². The Morgan fingerprint density at radius 3 is 0.782 bits per heavy atom. The first-order valence-electron chi connectivity index (χ1n) is 51.2. The van der Waals surface area contributed by atoms with Gasteiger partial charge in [-0.1, -0.05) is 84.9 Å². The van der Waals surface area contributed by atoms with Crippen LogP contribution in [0.25, 0.3) is 110 Å². The van der Waals surface area contributed by atoms with Crippen LogP contribution in [0, 0.1) is 34.6 Å². The van der Waals surface area contributed by atoms with Gasteiger partial charge >= 0.3 is 0 Å². The van der Waals surface area contributed by atoms with Gasteiger partial charge in [0, 0.05) is 147 Å². The zero-order valence-electron chi connectivity index (χ0n) is 89.7. The molecule has 0 radical (unpaired) electrons. The van der Waals surface area contributed by atoms with Crippen molar-refractivity contribution in [2.45, 2.75) is 179 Å². The van der Waals surface area contributed by atoms with E-state index in [1.54, 1.807) is 77.6 Å². The van der Waals surface area contributed by atoms with E-state index < -0.39 is 63.2 Å². The van der Waals surface area contributed by atoms with E-state index in [0.717, 1.165) is 150 Å². The minimum atomic E-state index is -2.52. The van der Waals surface area contributed by atoms with Gasteiger partial charge in [0.2, 0.25) is 28.6 Å². The smallest absolute Gasteiger partial charge is 0.227 e. The second-order valence-electron chi connectivity index (χ2n) is 34.8. The zero-order chi connectivity index (χ0) is 103. The van der Waals surface area contributed by atoms with Crippen molar-refractivity contribution in [3.8, 4) is 0 Å². The van der Waals surface area contributed by atoms with Gasteiger partial charge in [0.15, 0.2) is 45.4 Å². The van der Waals surface area contributed by atoms with Crippen LogP contribution in [0.4, 0.5) is 85.7 Å². The Morgan fingerprint density at radius 1 is 0.248 bits per heavy atom. The number of aromatic nitrogens is 8. The molecule has 7 atom stereocenters. The third-order valence-corrected chi connectivity index (χ3v) is 26.2. The molecule has 0 N–H and O–H groups in total. The fourth-order valence-electron chi connectivity index (χ4n) is 20.5. The molecule has 13 aromatic heterocycles. The van der Waals surface area contributed by atoms with Gasteiger partial charge in [0.05, 0.1) is 73.7 Å². The van der Waals surface area contributed by atoms with Crippen LogP contribution in [0.2, 0.25) is 0 Å². The van der Waals surface area contributed by atoms with Crippen molar-refractivity contribution >= 4 is 196 Å². The van der Waals surface area contributed by atoms with Gasteiger partial charge in [-0.25, -0.2) is 39.9 Å². The molecular formula is C110H108N18O5. The number of hydrogen-bond acceptors (Lipinski definition) is 23. The summed E-state index contributed by atoms with van der Waals surface area (Å²) in [4.78, 5) is 55.0. The molecule has 23 heteroatoms. The maximum Gasteiger partial charge on any atom is 0.227 e. The highest BCUT2D eigenvalue weighted by Gasteiger charge is 2.44. The fraction of sp³-hybridized carbons (Fsp3) is 0.255. The maximum atomic E-state index is 8.80. The lowest BCUT2D eigenvalue weighted by atomic mass is 10.1. The highest BCUT2D eigenvalue weighted by molar-refractivity contribution is 6.15. The van der Waals surface area contributed by atoms with E-state index in [0.29, 0.717) is 74.0 Å². The molecule has 23 nitrogen and oxygen atoms in total. The van der Waals surface area contributed by atoms with Crippen LogP contribution >= 0.6 is 0 Å². The highest BCUT2D eigenvalue weighted by Crippen LogP contribution is 2.55. The lowest BCUT2D eigenvalue weighted by Gasteiger charge is -2.33. The van der Waals surface area contributed by atoms with Crippen LogP contribution in [0.5, 0.6) is 0 Å². The largest absolute Gasteiger partial charge is 0.435 e. The van der Waals surface area contributed by atoms with Gasteiger partial charge in [0.25, 0.3) is 0 Å². The molecule has 133 heavy (non-hydrogen) atoms. The summed E-state index contributed by atoms with van der Waals surface area (Å²) < 4.78 is 138. The number of fused-ring (bicyclic) bond motifs is 20. The Morgan fingerprint density at radius 2 is 0.481 bits per heavy atom. The van der Waals surface area contributed by atoms with Gasteiger partial charge in [-0.3, -0.25) is 0 Å². The fourth-order valence-corrected chi connectivity index (χ4v) is 20.5. The predicted molar refractivity (Wildman–Crippen MR) is 544 cm³/mol. The van der Waals surface area contributed by atoms with Crippen molar-refractivity contribution < 1.29 is 39.9 Å². The van der Waals surface area contributed by atoms with Crippen molar-refractivity contribution in [2.75, 3.05) is 56.0 Å². The molecule has 0 spiro atoms. The predicted octanol–water partition coefficient (Wildman–Crippen LogP) is 27.4. The molecule has 0 saturated heterocycles. The van der Waals surface area contributed by atoms with Gasteiger partial charge in [-0.2, -0.15) is 0 Å². The number of aryl methyl sites for hydroxylation is 5. The first-order valence-corrected chi connectivity index (χ1v) is 44.7. The molecule has 0 amide bonds. The summed E-state index contributed by atoms with van der Waals surface area (Å²) in [6, 6.07) is 61.9. The number of pyridine rings is 8. The minimum absolute atomic E-state index is 0.0182. The van der Waals surface area contributed by atoms with E-state index in [9.17, 15) is 0 Å². The number of benzene rings is 7. The van der Waals surface area contributed by atoms with Crippen LogP contribution in [0.1, 0.15) is 136 Å². The normalized spacial score (nSPS) is 19.5. The molecule has 0 saturated carbocycles. The maximum absolute atomic E-state index is 8.80. The van der Waals surface area contributed by atoms with Crippen molar-refractivity contribution in [2.24, 2.45) is 0 Å². The number of furan rings is 5. The minimum Gasteiger partial charge on any atom is -0.435 e. The Hall–Kier alpha value is -15.3. The summed E-state index contributed by atoms with van der Waals surface area (Å²) in [5.74, 6) is 2.05. The number of para-hydroxylation sites is 4. The lowest BCUT2D eigenvalue weighted by Crippen LogP contribution is -2.42. The number of rotatable bonds is 9. The summed E-state index contributed by atoms with van der Waals surface area (Å²) in [5, 5.41) is 9.74. The van der Waals surface area contributed by atoms with Crippen LogP contribution < -0.4 is 49.0 Å². The average Bonchev–Trinajstić information content (AvgIpc) is 1.59. The van der Waals surface area contributed by atoms with Crippen LogP contribution in [-0.2, 0) is 0 Å². The van der Waals surface area contributed by atoms with E-state index in [1.165, 1.54) is 18.7 Å². The van der Waals surface area contributed by atoms with Gasteiger partial charge in [-0.05, 0) is 274 Å². The van der Waals surface area contributed by atoms with Crippen LogP contribution in [-0.4, -0.2) is 102 Å². The molecule has 0 aliphatic carbocycles. The number of anilines is 15. The first-order chi connectivity index (χ1) is 69.4. The second kappa shape index (κ2) is 33.3. The summed E-state index contributed by atoms with van der Waals surface area (Å²) in [6.45, 7) is 23.4. The topological polar surface area (TPSA) is 201 Å². The molecule has 7 aromatic carbocycles. The van der Waals surface area contributed by atoms with E-state index in [1.807, 2.05) is 225 Å². The Bertz CT molecular complexity index is 7880. The number of nitrogens with zero attached hydrogens (tertiary/aromatic N) is 18. The number of hydrogen-bond donors (Lipinski definition) is 0. The van der Waals surface area contributed by atoms with Crippen molar-refractivity contribution in [3.63, 3.8) is 0 Å². The summed E-state index contributed by atoms with van der Waals surface area (Å²) in [6.07, 6.45) is 12.3. The van der Waals surface area contributed by atoms with E-state index in [2.05, 4.69) is 135 Å². The quantitative estimate of drug-likeness (QED) is 0.132. The van der Waals surface area contributed by atoms with Crippen molar-refractivity contribution in [3.05, 3.63) is 284 Å². The van der Waals surface area contributed by atoms with E-state index >= 15 is 0 Å². The molecule has 0 bridgehead atoms. The van der Waals surface area contributed by atoms with Crippen LogP contribution in [0.15, 0.2) is 278 Å². The zero-order valence-corrected chi connectivity index (χ0v) is 76.7. The molecule has 5 aliphatic heterocycles. The second-order valence-corrected chi connectivity index (χ2v) is 34.8. The molecule has 5 aliphatic rings. The summed E-state index contributed by atoms with van der Waals surface area (Å²) >= 11 is 0. The van der Waals surface area contributed by atoms with E-state index in [-0.39, 0.29) is 12.3 Å². The molecule has 0 fully saturated rings. The monoisotopic (exact) mass is 1770 g/mol. The molecule has 668 valence electrons. The van der Waals surface area contributed by atoms with Crippen molar-refractivity contribution in [1.29, 1.82) is 0 Å². The van der Waals surface area contributed by atoms with Crippen LogP contribution in [0.3, 0.4) is 0 Å². The molecule has 20 aromatic rings. The Labute approximate surface area is 791 Å². The molecular weight excluding hydrogens is 1650 g/mol. The SMILES string of the molecule is [2H]C(C)(C)N1c2ccccc2N(c2c(C)ccc3c2oc2ncccc23)C1C.[2H]C(C)(C)N1c2cccnc2N(c2c(C)ccc3c2oc2ncccc23)C1C.[2H]C([2H])([2H])C([2H])(C)N1c2ccccc2N(c2c(C)ccc3c2oc2ncccc23)C1C.[2H]C([2H])([2H])C([2H])(C)N1c2cccnc2N(c2c(C)ccc3c2oc2ncccc23)C1C.[2H]C([2H])([2H])N1c2cccnc2N(c2c(C)ccc3c2oc2ncccc23)C1C. The standard InChI is InChI=1S/2C23H23N3O.2C22H22N4O.C20H18N4O/c2*1-14(2)25-16(4)26(20-10-6-5-9-19(20)25)21-15(3)11-12-17-18-8-7-13-24-23(18)27-22(17)21;2*1-13(2)25-15(4)26(21-18(25)8-6-11-23-21)19-14(3)9-10-16-17-7-5-12-24-22(17)27-20(16)19;1-12-8-9-14-15-6-4-11-22-20(15)25-18(14)17(12)24-13(2)23(3)16-7-5-10-21-19(16)24/h2*5-14,16H,1-4H3;2*5-13,15H,1-4H3;4-11,13H,1-3H3/i1D3,14D;14D;1D3,13D;13D;3D3. The van der Waals surface area contributed by atoms with Crippen molar-refractivity contribution in [1.82, 2.24) is 39.9 Å². The lowest BCUT2D eigenvalue weighted by molar-refractivity contribution is 0.601. The Kier molecular flexibility index (Phi) is 17.7. The molecule has 25 rings (SSSR count). The summed E-state index contributed by atoms with van der Waals surface area (Å²) in [5.41, 5.74) is 22.2. The molecule has 7 unspecified atom stereocenters. The third kappa shape index (κ3) is 13.6.